The van der Waals surface area contributed by atoms with Crippen molar-refractivity contribution in [2.45, 2.75) is 25.3 Å². The van der Waals surface area contributed by atoms with Gasteiger partial charge in [0, 0.05) is 35.4 Å². The van der Waals surface area contributed by atoms with Crippen molar-refractivity contribution in [3.63, 3.8) is 0 Å². The van der Waals surface area contributed by atoms with Crippen molar-refractivity contribution >= 4 is 44.8 Å². The molecule has 2 aliphatic heterocycles. The van der Waals surface area contributed by atoms with Gasteiger partial charge in [-0.1, -0.05) is 11.6 Å². The van der Waals surface area contributed by atoms with Gasteiger partial charge in [0.15, 0.2) is 0 Å². The molecule has 2 aromatic heterocycles. The van der Waals surface area contributed by atoms with Crippen LogP contribution in [0.5, 0.6) is 0 Å². The van der Waals surface area contributed by atoms with E-state index in [-0.39, 0.29) is 12.5 Å². The zero-order valence-electron chi connectivity index (χ0n) is 16.2. The molecule has 0 saturated carbocycles. The summed E-state index contributed by atoms with van der Waals surface area (Å²) in [5, 5.41) is 3.16. The number of rotatable bonds is 3. The highest BCUT2D eigenvalue weighted by atomic mass is 35.5. The van der Waals surface area contributed by atoms with Crippen molar-refractivity contribution in [3.05, 3.63) is 50.6 Å². The molecule has 0 bridgehead atoms. The van der Waals surface area contributed by atoms with Gasteiger partial charge in [0.25, 0.3) is 5.56 Å². The molecular formula is C20H18ClF3N4O2S. The second kappa shape index (κ2) is 7.68. The van der Waals surface area contributed by atoms with E-state index >= 15 is 0 Å². The Hall–Kier alpha value is -2.30. The number of benzene rings is 1. The standard InChI is InChI=1S/C20H18ClF3N4O2S/c21-13-1-2-15-14(7-13)12(11-31-15)9-27-16(20(22,23)24)10-28-18(29)8-17(25-19(27)28)26-3-5-30-6-4-26/h1-2,7-8,11,16H,3-6,9-10H2. The topological polar surface area (TPSA) is 50.6 Å². The summed E-state index contributed by atoms with van der Waals surface area (Å²) in [7, 11) is 0. The van der Waals surface area contributed by atoms with Crippen molar-refractivity contribution in [1.29, 1.82) is 0 Å². The minimum Gasteiger partial charge on any atom is -0.378 e. The number of nitrogens with zero attached hydrogens (tertiary/aromatic N) is 4. The SMILES string of the molecule is O=c1cc(N2CCOCC2)nc2n1CC(C(F)(F)F)N2Cc1csc2ccc(Cl)cc12. The molecule has 164 valence electrons. The van der Waals surface area contributed by atoms with Gasteiger partial charge >= 0.3 is 6.18 Å². The lowest BCUT2D eigenvalue weighted by molar-refractivity contribution is -0.149. The molecule has 0 radical (unpaired) electrons. The van der Waals surface area contributed by atoms with Crippen LogP contribution < -0.4 is 15.4 Å². The zero-order valence-corrected chi connectivity index (χ0v) is 17.8. The minimum atomic E-state index is -4.51. The third-order valence-corrected chi connectivity index (χ3v) is 6.88. The number of morpholine rings is 1. The van der Waals surface area contributed by atoms with E-state index in [1.165, 1.54) is 22.3 Å². The van der Waals surface area contributed by atoms with E-state index in [0.717, 1.165) is 20.2 Å². The predicted octanol–water partition coefficient (Wildman–Crippen LogP) is 3.90. The first-order valence-corrected chi connectivity index (χ1v) is 11.0. The first-order valence-electron chi connectivity index (χ1n) is 9.75. The van der Waals surface area contributed by atoms with Gasteiger partial charge in [-0.3, -0.25) is 9.36 Å². The molecule has 5 rings (SSSR count). The van der Waals surface area contributed by atoms with Gasteiger partial charge in [-0.05, 0) is 34.5 Å². The van der Waals surface area contributed by atoms with E-state index < -0.39 is 24.3 Å². The van der Waals surface area contributed by atoms with E-state index in [0.29, 0.717) is 37.1 Å². The summed E-state index contributed by atoms with van der Waals surface area (Å²) < 4.78 is 49.2. The summed E-state index contributed by atoms with van der Waals surface area (Å²) in [5.74, 6) is 0.420. The summed E-state index contributed by atoms with van der Waals surface area (Å²) in [4.78, 5) is 20.3. The van der Waals surface area contributed by atoms with E-state index in [1.807, 2.05) is 16.3 Å². The third-order valence-electron chi connectivity index (χ3n) is 5.63. The van der Waals surface area contributed by atoms with Gasteiger partial charge in [-0.25, -0.2) is 0 Å². The maximum atomic E-state index is 13.9. The molecule has 1 saturated heterocycles. The Kier molecular flexibility index (Phi) is 5.10. The monoisotopic (exact) mass is 470 g/mol. The molecule has 6 nitrogen and oxygen atoms in total. The summed E-state index contributed by atoms with van der Waals surface area (Å²) >= 11 is 7.56. The maximum Gasteiger partial charge on any atom is 0.410 e. The van der Waals surface area contributed by atoms with E-state index in [4.69, 9.17) is 16.3 Å². The van der Waals surface area contributed by atoms with Crippen LogP contribution in [-0.4, -0.2) is 48.1 Å². The largest absolute Gasteiger partial charge is 0.410 e. The van der Waals surface area contributed by atoms with E-state index in [1.54, 1.807) is 12.1 Å². The molecule has 0 aliphatic carbocycles. The van der Waals surface area contributed by atoms with E-state index in [2.05, 4.69) is 4.98 Å². The van der Waals surface area contributed by atoms with Gasteiger partial charge in [-0.15, -0.1) is 11.3 Å². The fraction of sp³-hybridized carbons (Fsp3) is 0.400. The number of hydrogen-bond donors (Lipinski definition) is 0. The van der Waals surface area contributed by atoms with Crippen molar-refractivity contribution < 1.29 is 17.9 Å². The lowest BCUT2D eigenvalue weighted by Crippen LogP contribution is -2.43. The summed E-state index contributed by atoms with van der Waals surface area (Å²) in [6.45, 7) is 1.53. The van der Waals surface area contributed by atoms with Crippen LogP contribution in [0.3, 0.4) is 0 Å². The number of thiophene rings is 1. The van der Waals surface area contributed by atoms with Gasteiger partial charge in [0.05, 0.1) is 19.8 Å². The first-order chi connectivity index (χ1) is 14.8. The molecule has 3 aromatic rings. The number of alkyl halides is 3. The van der Waals surface area contributed by atoms with Gasteiger partial charge in [-0.2, -0.15) is 18.2 Å². The Morgan fingerprint density at radius 2 is 2.00 bits per heavy atom. The van der Waals surface area contributed by atoms with Crippen LogP contribution >= 0.6 is 22.9 Å². The molecular weight excluding hydrogens is 453 g/mol. The third kappa shape index (κ3) is 3.77. The molecule has 1 fully saturated rings. The average molecular weight is 471 g/mol. The smallest absolute Gasteiger partial charge is 0.378 e. The fourth-order valence-corrected chi connectivity index (χ4v) is 5.17. The molecule has 2 aliphatic rings. The van der Waals surface area contributed by atoms with Crippen LogP contribution in [0.4, 0.5) is 24.9 Å². The highest BCUT2D eigenvalue weighted by Gasteiger charge is 2.49. The normalized spacial score (nSPS) is 19.3. The molecule has 0 N–H and O–H groups in total. The lowest BCUT2D eigenvalue weighted by Gasteiger charge is -2.29. The second-order valence-electron chi connectivity index (χ2n) is 7.55. The molecule has 31 heavy (non-hydrogen) atoms. The zero-order chi connectivity index (χ0) is 21.8. The highest BCUT2D eigenvalue weighted by Crippen LogP contribution is 2.38. The molecule has 1 aromatic carbocycles. The summed E-state index contributed by atoms with van der Waals surface area (Å²) in [6, 6.07) is 4.84. The number of ether oxygens (including phenoxy) is 1. The molecule has 4 heterocycles. The molecule has 0 amide bonds. The van der Waals surface area contributed by atoms with Gasteiger partial charge in [0.2, 0.25) is 5.95 Å². The summed E-state index contributed by atoms with van der Waals surface area (Å²) in [5.41, 5.74) is 0.234. The first kappa shape index (κ1) is 20.6. The van der Waals surface area contributed by atoms with Gasteiger partial charge < -0.3 is 14.5 Å². The number of aromatic nitrogens is 2. The number of anilines is 2. The Balaban J connectivity index is 1.58. The molecule has 1 atom stereocenters. The van der Waals surface area contributed by atoms with E-state index in [9.17, 15) is 18.0 Å². The Bertz CT molecular complexity index is 1190. The number of hydrogen-bond acceptors (Lipinski definition) is 6. The highest BCUT2D eigenvalue weighted by molar-refractivity contribution is 7.17. The van der Waals surface area contributed by atoms with Crippen LogP contribution in [0.15, 0.2) is 34.4 Å². The lowest BCUT2D eigenvalue weighted by atomic mass is 10.1. The molecule has 11 heteroatoms. The molecule has 0 spiro atoms. The van der Waals surface area contributed by atoms with Crippen LogP contribution in [0.2, 0.25) is 5.02 Å². The number of halogens is 4. The Morgan fingerprint density at radius 1 is 1.23 bits per heavy atom. The van der Waals surface area contributed by atoms with Crippen molar-refractivity contribution in [3.8, 4) is 0 Å². The van der Waals surface area contributed by atoms with Crippen molar-refractivity contribution in [2.75, 3.05) is 36.1 Å². The Morgan fingerprint density at radius 3 is 2.74 bits per heavy atom. The average Bonchev–Trinajstić information content (AvgIpc) is 3.31. The van der Waals surface area contributed by atoms with Gasteiger partial charge in [0.1, 0.15) is 11.9 Å². The number of fused-ring (bicyclic) bond motifs is 2. The predicted molar refractivity (Wildman–Crippen MR) is 114 cm³/mol. The van der Waals surface area contributed by atoms with Crippen molar-refractivity contribution in [1.82, 2.24) is 9.55 Å². The minimum absolute atomic E-state index is 0.0243. The second-order valence-corrected chi connectivity index (χ2v) is 8.90. The van der Waals surface area contributed by atoms with Crippen LogP contribution in [0.1, 0.15) is 5.56 Å². The van der Waals surface area contributed by atoms with Crippen LogP contribution in [0.25, 0.3) is 10.1 Å². The van der Waals surface area contributed by atoms with Crippen LogP contribution in [-0.2, 0) is 17.8 Å². The molecule has 1 unspecified atom stereocenters. The maximum absolute atomic E-state index is 13.9. The quantitative estimate of drug-likeness (QED) is 0.581. The van der Waals surface area contributed by atoms with Crippen molar-refractivity contribution in [2.24, 2.45) is 0 Å². The Labute approximate surface area is 184 Å². The summed E-state index contributed by atoms with van der Waals surface area (Å²) in [6.07, 6.45) is -4.51. The van der Waals surface area contributed by atoms with Crippen LogP contribution in [0, 0.1) is 0 Å². The fourth-order valence-electron chi connectivity index (χ4n) is 4.06.